The van der Waals surface area contributed by atoms with Crippen LogP contribution < -0.4 is 0 Å². The predicted octanol–water partition coefficient (Wildman–Crippen LogP) is 5.29. The second-order valence-corrected chi connectivity index (χ2v) is 12.2. The highest BCUT2D eigenvalue weighted by Gasteiger charge is 2.45. The normalized spacial score (nSPS) is 22.2. The van der Waals surface area contributed by atoms with Crippen molar-refractivity contribution in [3.8, 4) is 0 Å². The lowest BCUT2D eigenvalue weighted by Gasteiger charge is -2.42. The zero-order valence-corrected chi connectivity index (χ0v) is 20.8. The zero-order valence-electron chi connectivity index (χ0n) is 19.2. The Bertz CT molecular complexity index is 1030. The van der Waals surface area contributed by atoms with Gasteiger partial charge in [0.25, 0.3) is 0 Å². The number of aliphatic carboxylic acids is 1. The summed E-state index contributed by atoms with van der Waals surface area (Å²) in [6, 6.07) is 14.4. The summed E-state index contributed by atoms with van der Waals surface area (Å²) in [6.45, 7) is 8.06. The number of carboxylic acids is 1. The van der Waals surface area contributed by atoms with Crippen molar-refractivity contribution in [1.82, 2.24) is 4.31 Å². The van der Waals surface area contributed by atoms with Crippen LogP contribution >= 0.6 is 11.8 Å². The van der Waals surface area contributed by atoms with E-state index in [1.807, 2.05) is 37.3 Å². The van der Waals surface area contributed by atoms with Crippen LogP contribution in [0.1, 0.15) is 49.4 Å². The largest absolute Gasteiger partial charge is 0.481 e. The predicted molar refractivity (Wildman–Crippen MR) is 130 cm³/mol. The van der Waals surface area contributed by atoms with Crippen molar-refractivity contribution in [2.24, 2.45) is 11.8 Å². The molecular formula is C25H33NO4S2. The van der Waals surface area contributed by atoms with Crippen LogP contribution in [0.2, 0.25) is 0 Å². The van der Waals surface area contributed by atoms with Crippen LogP contribution in [0.5, 0.6) is 0 Å². The molecule has 3 atom stereocenters. The van der Waals surface area contributed by atoms with Crippen LogP contribution in [0.4, 0.5) is 0 Å². The maximum Gasteiger partial charge on any atom is 0.308 e. The third-order valence-electron chi connectivity index (χ3n) is 6.12. The van der Waals surface area contributed by atoms with Crippen LogP contribution in [-0.4, -0.2) is 41.3 Å². The highest BCUT2D eigenvalue weighted by Crippen LogP contribution is 2.42. The van der Waals surface area contributed by atoms with Crippen molar-refractivity contribution in [3.63, 3.8) is 0 Å². The van der Waals surface area contributed by atoms with Crippen molar-refractivity contribution in [2.45, 2.75) is 56.7 Å². The number of piperidine rings is 1. The van der Waals surface area contributed by atoms with E-state index in [9.17, 15) is 18.3 Å². The molecule has 1 aliphatic rings. The summed E-state index contributed by atoms with van der Waals surface area (Å²) in [6.07, 6.45) is 1.49. The van der Waals surface area contributed by atoms with Gasteiger partial charge in [-0.1, -0.05) is 61.9 Å². The monoisotopic (exact) mass is 475 g/mol. The minimum atomic E-state index is -3.86. The molecule has 1 saturated heterocycles. The standard InChI is InChI=1S/C25H33NO4S2/c1-17(2)13-14-31-23-15-22(20-11-9-18(3)10-12-20)26(16-21(23)25(27)28)32(29,30)24-8-6-5-7-19(24)4/h5-12,17,21-23H,13-16H2,1-4H3,(H,27,28)/t21-,22+,23-/m1/s1. The van der Waals surface area contributed by atoms with Crippen molar-refractivity contribution in [2.75, 3.05) is 12.3 Å². The molecule has 174 valence electrons. The quantitative estimate of drug-likeness (QED) is 0.562. The van der Waals surface area contributed by atoms with E-state index in [2.05, 4.69) is 13.8 Å². The molecule has 0 saturated carbocycles. The Morgan fingerprint density at radius 2 is 1.78 bits per heavy atom. The fourth-order valence-electron chi connectivity index (χ4n) is 4.15. The molecule has 2 aromatic carbocycles. The summed E-state index contributed by atoms with van der Waals surface area (Å²) in [4.78, 5) is 12.4. The molecule has 0 amide bonds. The molecule has 2 aromatic rings. The highest BCUT2D eigenvalue weighted by atomic mass is 32.2. The first-order chi connectivity index (χ1) is 15.1. The lowest BCUT2D eigenvalue weighted by Crippen LogP contribution is -2.49. The average Bonchev–Trinajstić information content (AvgIpc) is 2.73. The summed E-state index contributed by atoms with van der Waals surface area (Å²) in [5, 5.41) is 9.85. The van der Waals surface area contributed by atoms with Gasteiger partial charge in [-0.2, -0.15) is 16.1 Å². The number of hydrogen-bond donors (Lipinski definition) is 1. The van der Waals surface area contributed by atoms with Gasteiger partial charge in [0, 0.05) is 11.8 Å². The molecule has 0 aliphatic carbocycles. The molecule has 1 fully saturated rings. The minimum absolute atomic E-state index is 0.0239. The molecule has 1 N–H and O–H groups in total. The Morgan fingerprint density at radius 3 is 2.38 bits per heavy atom. The number of carboxylic acid groups (broad SMARTS) is 1. The summed E-state index contributed by atoms with van der Waals surface area (Å²) in [5.41, 5.74) is 2.67. The fraction of sp³-hybridized carbons (Fsp3) is 0.480. The van der Waals surface area contributed by atoms with Gasteiger partial charge in [0.2, 0.25) is 10.0 Å². The Morgan fingerprint density at radius 1 is 1.12 bits per heavy atom. The number of aryl methyl sites for hydroxylation is 2. The van der Waals surface area contributed by atoms with E-state index in [0.717, 1.165) is 23.3 Å². The van der Waals surface area contributed by atoms with Crippen LogP contribution in [0.25, 0.3) is 0 Å². The van der Waals surface area contributed by atoms with Crippen LogP contribution in [-0.2, 0) is 14.8 Å². The summed E-state index contributed by atoms with van der Waals surface area (Å²) < 4.78 is 29.0. The van der Waals surface area contributed by atoms with E-state index in [1.54, 1.807) is 36.9 Å². The molecule has 0 bridgehead atoms. The van der Waals surface area contributed by atoms with Crippen LogP contribution in [0.15, 0.2) is 53.4 Å². The van der Waals surface area contributed by atoms with Gasteiger partial charge in [0.1, 0.15) is 0 Å². The van der Waals surface area contributed by atoms with Crippen molar-refractivity contribution >= 4 is 27.8 Å². The van der Waals surface area contributed by atoms with Gasteiger partial charge in [-0.15, -0.1) is 0 Å². The Labute approximate surface area is 196 Å². The molecular weight excluding hydrogens is 442 g/mol. The molecule has 0 unspecified atom stereocenters. The summed E-state index contributed by atoms with van der Waals surface area (Å²) >= 11 is 1.67. The highest BCUT2D eigenvalue weighted by molar-refractivity contribution is 7.99. The third-order valence-corrected chi connectivity index (χ3v) is 9.57. The van der Waals surface area contributed by atoms with Gasteiger partial charge in [-0.3, -0.25) is 4.79 Å². The van der Waals surface area contributed by atoms with Crippen molar-refractivity contribution < 1.29 is 18.3 Å². The molecule has 0 aromatic heterocycles. The van der Waals surface area contributed by atoms with Crippen molar-refractivity contribution in [1.29, 1.82) is 0 Å². The first-order valence-electron chi connectivity index (χ1n) is 11.1. The second-order valence-electron chi connectivity index (χ2n) is 9.04. The molecule has 1 aliphatic heterocycles. The van der Waals surface area contributed by atoms with E-state index >= 15 is 0 Å². The molecule has 0 radical (unpaired) electrons. The smallest absolute Gasteiger partial charge is 0.308 e. The number of hydrogen-bond acceptors (Lipinski definition) is 4. The number of thioether (sulfide) groups is 1. The number of rotatable bonds is 8. The number of carbonyl (C=O) groups is 1. The van der Waals surface area contributed by atoms with E-state index in [4.69, 9.17) is 0 Å². The number of nitrogens with zero attached hydrogens (tertiary/aromatic N) is 1. The van der Waals surface area contributed by atoms with Gasteiger partial charge in [0.15, 0.2) is 0 Å². The first kappa shape index (κ1) is 24.8. The third kappa shape index (κ3) is 5.56. The zero-order chi connectivity index (χ0) is 23.5. The Hall–Kier alpha value is -1.83. The summed E-state index contributed by atoms with van der Waals surface area (Å²) in [5.74, 6) is -0.260. The number of sulfonamides is 1. The summed E-state index contributed by atoms with van der Waals surface area (Å²) in [7, 11) is -3.86. The van der Waals surface area contributed by atoms with Crippen LogP contribution in [0.3, 0.4) is 0 Å². The molecule has 7 heteroatoms. The Balaban J connectivity index is 2.02. The maximum atomic E-state index is 13.8. The molecule has 32 heavy (non-hydrogen) atoms. The first-order valence-corrected chi connectivity index (χ1v) is 13.6. The van der Waals surface area contributed by atoms with Crippen molar-refractivity contribution in [3.05, 3.63) is 65.2 Å². The van der Waals surface area contributed by atoms with Gasteiger partial charge in [0.05, 0.1) is 16.9 Å². The maximum absolute atomic E-state index is 13.8. The van der Waals surface area contributed by atoms with E-state index in [-0.39, 0.29) is 16.7 Å². The average molecular weight is 476 g/mol. The molecule has 0 spiro atoms. The lowest BCUT2D eigenvalue weighted by molar-refractivity contribution is -0.143. The second kappa shape index (κ2) is 10.4. The Kier molecular flexibility index (Phi) is 8.06. The van der Waals surface area contributed by atoms with E-state index in [1.165, 1.54) is 4.31 Å². The van der Waals surface area contributed by atoms with Gasteiger partial charge >= 0.3 is 5.97 Å². The van der Waals surface area contributed by atoms with Gasteiger partial charge in [-0.05, 0) is 55.6 Å². The van der Waals surface area contributed by atoms with E-state index < -0.39 is 28.0 Å². The molecule has 1 heterocycles. The fourth-order valence-corrected chi connectivity index (χ4v) is 7.69. The number of benzene rings is 2. The van der Waals surface area contributed by atoms with Gasteiger partial charge < -0.3 is 5.11 Å². The molecule has 3 rings (SSSR count). The molecule has 5 nitrogen and oxygen atoms in total. The SMILES string of the molecule is Cc1ccc([C@@H]2C[C@@H](SCCC(C)C)[C@H](C(=O)O)CN2S(=O)(=O)c2ccccc2C)cc1. The van der Waals surface area contributed by atoms with E-state index in [0.29, 0.717) is 17.9 Å². The topological polar surface area (TPSA) is 74.7 Å². The minimum Gasteiger partial charge on any atom is -0.481 e. The van der Waals surface area contributed by atoms with Gasteiger partial charge in [-0.25, -0.2) is 8.42 Å². The lowest BCUT2D eigenvalue weighted by atomic mass is 9.90. The van der Waals surface area contributed by atoms with Crippen LogP contribution in [0, 0.1) is 25.7 Å².